The third-order valence-electron chi connectivity index (χ3n) is 9.37. The molecule has 2 aliphatic heterocycles. The van der Waals surface area contributed by atoms with Gasteiger partial charge in [-0.2, -0.15) is 0 Å². The summed E-state index contributed by atoms with van der Waals surface area (Å²) >= 11 is 0. The lowest BCUT2D eigenvalue weighted by molar-refractivity contribution is 0.124. The number of likely N-dealkylation sites (tertiary alicyclic amines) is 2. The number of rotatable bonds is 4. The molecule has 3 nitrogen and oxygen atoms in total. The van der Waals surface area contributed by atoms with Crippen molar-refractivity contribution >= 4 is 0 Å². The molecule has 0 amide bonds. The normalized spacial score (nSPS) is 22.4. The second kappa shape index (κ2) is 27.7. The van der Waals surface area contributed by atoms with Crippen LogP contribution in [-0.4, -0.2) is 54.6 Å². The molecular formula is C43H97N3. The molecule has 2 saturated heterocycles. The Balaban J connectivity index is -0.000000245. The first-order chi connectivity index (χ1) is 21.4. The summed E-state index contributed by atoms with van der Waals surface area (Å²) in [6, 6.07) is 0. The van der Waals surface area contributed by atoms with Crippen LogP contribution in [0.15, 0.2) is 0 Å². The summed E-state index contributed by atoms with van der Waals surface area (Å²) < 4.78 is 0. The lowest BCUT2D eigenvalue weighted by Crippen LogP contribution is -2.44. The molecule has 46 heavy (non-hydrogen) atoms. The second-order valence-corrected chi connectivity index (χ2v) is 16.8. The Labute approximate surface area is 296 Å². The van der Waals surface area contributed by atoms with E-state index in [0.717, 1.165) is 17.9 Å². The first-order valence-electron chi connectivity index (χ1n) is 20.7. The maximum atomic E-state index is 6.10. The van der Waals surface area contributed by atoms with Crippen LogP contribution in [0.25, 0.3) is 0 Å². The lowest BCUT2D eigenvalue weighted by Gasteiger charge is -2.38. The molecular weight excluding hydrogens is 558 g/mol. The highest BCUT2D eigenvalue weighted by atomic mass is 15.2. The highest BCUT2D eigenvalue weighted by molar-refractivity contribution is 5.01. The van der Waals surface area contributed by atoms with Crippen molar-refractivity contribution in [1.29, 1.82) is 0 Å². The van der Waals surface area contributed by atoms with Crippen LogP contribution in [0.3, 0.4) is 0 Å². The Morgan fingerprint density at radius 2 is 0.783 bits per heavy atom. The van der Waals surface area contributed by atoms with Crippen LogP contribution >= 0.6 is 0 Å². The molecule has 3 aliphatic carbocycles. The van der Waals surface area contributed by atoms with E-state index in [0.29, 0.717) is 16.2 Å². The maximum absolute atomic E-state index is 6.10. The van der Waals surface area contributed by atoms with E-state index in [1.807, 2.05) is 69.2 Å². The van der Waals surface area contributed by atoms with Gasteiger partial charge in [-0.3, -0.25) is 0 Å². The molecule has 0 bridgehead atoms. The van der Waals surface area contributed by atoms with Gasteiger partial charge in [0.1, 0.15) is 0 Å². The molecule has 2 heterocycles. The summed E-state index contributed by atoms with van der Waals surface area (Å²) in [6.45, 7) is 50.8. The van der Waals surface area contributed by atoms with Gasteiger partial charge in [-0.1, -0.05) is 145 Å². The largest absolute Gasteiger partial charge is 0.324 e. The number of nitrogens with zero attached hydrogens (tertiary/aromatic N) is 2. The fraction of sp³-hybridized carbons (Fsp3) is 1.00. The molecule has 3 heteroatoms. The maximum Gasteiger partial charge on any atom is 0.0284 e. The minimum atomic E-state index is 0.210. The third-order valence-corrected chi connectivity index (χ3v) is 9.37. The molecule has 0 aromatic rings. The SMILES string of the molecule is CC.CC.CC.CC.CC.CC1(C)CC1.CC1(C)CCN(CC2(N)CC2)CC1.CC1(C)CCN(CC2CC2)CC1.CCC(C)(C)C. The average Bonchev–Trinajstić information content (AvgIpc) is 3.98. The van der Waals surface area contributed by atoms with Gasteiger partial charge in [0.2, 0.25) is 0 Å². The van der Waals surface area contributed by atoms with Gasteiger partial charge in [0, 0.05) is 18.6 Å². The van der Waals surface area contributed by atoms with Crippen molar-refractivity contribution in [1.82, 2.24) is 9.80 Å². The van der Waals surface area contributed by atoms with Crippen molar-refractivity contribution in [2.24, 2.45) is 33.3 Å². The Hall–Kier alpha value is -0.120. The standard InChI is InChI=1S/C11H22N2.C11H21N.C6H14.C5H10.5C2H6/c1-10(2)5-7-13(8-6-10)9-11(12)3-4-11;1-11(2)5-7-12(8-6-11)9-10-3-4-10;1-5-6(2,3)4;1-5(2)3-4-5;5*1-2/h3-9,12H2,1-2H3;10H,3-9H2,1-2H3;5H2,1-4H3;3-4H2,1-2H3;5*1-2H3. The van der Waals surface area contributed by atoms with E-state index in [4.69, 9.17) is 5.73 Å². The fourth-order valence-corrected chi connectivity index (χ4v) is 4.34. The van der Waals surface area contributed by atoms with Gasteiger partial charge in [-0.25, -0.2) is 0 Å². The highest BCUT2D eigenvalue weighted by Gasteiger charge is 2.40. The molecule has 5 rings (SSSR count). The van der Waals surface area contributed by atoms with E-state index in [1.54, 1.807) is 0 Å². The lowest BCUT2D eigenvalue weighted by atomic mass is 9.82. The molecule has 0 unspecified atom stereocenters. The molecule has 5 aliphatic rings. The third kappa shape index (κ3) is 33.8. The second-order valence-electron chi connectivity index (χ2n) is 16.8. The van der Waals surface area contributed by atoms with Gasteiger partial charge in [0.25, 0.3) is 0 Å². The molecule has 5 fully saturated rings. The Bertz CT molecular complexity index is 609. The molecule has 0 aromatic carbocycles. The van der Waals surface area contributed by atoms with Crippen molar-refractivity contribution in [2.75, 3.05) is 39.3 Å². The van der Waals surface area contributed by atoms with E-state index >= 15 is 0 Å². The fourth-order valence-electron chi connectivity index (χ4n) is 4.34. The summed E-state index contributed by atoms with van der Waals surface area (Å²) in [4.78, 5) is 5.22. The molecule has 2 N–H and O–H groups in total. The van der Waals surface area contributed by atoms with Crippen molar-refractivity contribution in [2.45, 2.75) is 215 Å². The van der Waals surface area contributed by atoms with Gasteiger partial charge in [0.15, 0.2) is 0 Å². The van der Waals surface area contributed by atoms with Crippen LogP contribution in [0.5, 0.6) is 0 Å². The van der Waals surface area contributed by atoms with E-state index in [9.17, 15) is 0 Å². The van der Waals surface area contributed by atoms with Gasteiger partial charge in [-0.05, 0) is 118 Å². The van der Waals surface area contributed by atoms with E-state index in [2.05, 4.69) is 79.0 Å². The Morgan fingerprint density at radius 1 is 0.522 bits per heavy atom. The topological polar surface area (TPSA) is 32.5 Å². The number of nitrogens with two attached hydrogens (primary N) is 1. The van der Waals surface area contributed by atoms with Crippen LogP contribution in [0, 0.1) is 27.6 Å². The molecule has 284 valence electrons. The van der Waals surface area contributed by atoms with Gasteiger partial charge < -0.3 is 15.5 Å². The quantitative estimate of drug-likeness (QED) is 0.327. The van der Waals surface area contributed by atoms with Crippen LogP contribution in [0.2, 0.25) is 0 Å². The van der Waals surface area contributed by atoms with Crippen molar-refractivity contribution in [3.8, 4) is 0 Å². The zero-order valence-corrected chi connectivity index (χ0v) is 36.6. The summed E-state index contributed by atoms with van der Waals surface area (Å²) in [5, 5.41) is 0. The van der Waals surface area contributed by atoms with E-state index < -0.39 is 0 Å². The Kier molecular flexibility index (Phi) is 31.7. The first kappa shape index (κ1) is 52.7. The van der Waals surface area contributed by atoms with Gasteiger partial charge in [0.05, 0.1) is 0 Å². The smallest absolute Gasteiger partial charge is 0.0284 e. The minimum Gasteiger partial charge on any atom is -0.324 e. The molecule has 0 spiro atoms. The van der Waals surface area contributed by atoms with Gasteiger partial charge in [-0.15, -0.1) is 0 Å². The number of hydrogen-bond acceptors (Lipinski definition) is 3. The van der Waals surface area contributed by atoms with Gasteiger partial charge >= 0.3 is 0 Å². The zero-order valence-electron chi connectivity index (χ0n) is 36.6. The summed E-state index contributed by atoms with van der Waals surface area (Å²) in [6.07, 6.45) is 15.1. The molecule has 0 aromatic heterocycles. The van der Waals surface area contributed by atoms with Crippen LogP contribution in [0.4, 0.5) is 0 Å². The number of piperidine rings is 2. The van der Waals surface area contributed by atoms with Crippen LogP contribution in [0.1, 0.15) is 209 Å². The Morgan fingerprint density at radius 3 is 1.00 bits per heavy atom. The van der Waals surface area contributed by atoms with E-state index in [1.165, 1.54) is 103 Å². The average molecular weight is 656 g/mol. The van der Waals surface area contributed by atoms with Crippen LogP contribution < -0.4 is 5.73 Å². The van der Waals surface area contributed by atoms with Crippen molar-refractivity contribution in [3.63, 3.8) is 0 Å². The monoisotopic (exact) mass is 656 g/mol. The first-order valence-corrected chi connectivity index (χ1v) is 20.7. The molecule has 0 atom stereocenters. The molecule has 0 radical (unpaired) electrons. The van der Waals surface area contributed by atoms with Crippen LogP contribution in [-0.2, 0) is 0 Å². The van der Waals surface area contributed by atoms with E-state index in [-0.39, 0.29) is 5.54 Å². The van der Waals surface area contributed by atoms with Crippen molar-refractivity contribution in [3.05, 3.63) is 0 Å². The minimum absolute atomic E-state index is 0.210. The summed E-state index contributed by atoms with van der Waals surface area (Å²) in [7, 11) is 0. The predicted octanol–water partition coefficient (Wildman–Crippen LogP) is 13.5. The zero-order chi connectivity index (χ0) is 37.3. The summed E-state index contributed by atoms with van der Waals surface area (Å²) in [5.74, 6) is 1.08. The molecule has 3 saturated carbocycles. The highest BCUT2D eigenvalue weighted by Crippen LogP contribution is 2.43. The summed E-state index contributed by atoms with van der Waals surface area (Å²) in [5.41, 5.74) is 8.80. The predicted molar refractivity (Wildman–Crippen MR) is 217 cm³/mol. The number of hydrogen-bond donors (Lipinski definition) is 1. The van der Waals surface area contributed by atoms with Crippen molar-refractivity contribution < 1.29 is 0 Å².